The Morgan fingerprint density at radius 2 is 1.56 bits per heavy atom. The Balaban J connectivity index is 1.46. The predicted molar refractivity (Wildman–Crippen MR) is 144 cm³/mol. The van der Waals surface area contributed by atoms with Gasteiger partial charge in [-0.2, -0.15) is 5.10 Å². The van der Waals surface area contributed by atoms with Crippen LogP contribution in [0.15, 0.2) is 96.1 Å². The fourth-order valence-electron chi connectivity index (χ4n) is 4.05. The first kappa shape index (κ1) is 24.9. The first-order valence-electron chi connectivity index (χ1n) is 11.4. The van der Waals surface area contributed by atoms with E-state index in [2.05, 4.69) is 15.1 Å². The van der Waals surface area contributed by atoms with Crippen molar-refractivity contribution in [3.05, 3.63) is 119 Å². The van der Waals surface area contributed by atoms with Crippen molar-refractivity contribution in [2.75, 3.05) is 10.6 Å². The molecule has 8 heteroatoms. The molecule has 0 fully saturated rings. The van der Waals surface area contributed by atoms with E-state index in [0.717, 1.165) is 28.2 Å². The zero-order valence-electron chi connectivity index (χ0n) is 20.4. The summed E-state index contributed by atoms with van der Waals surface area (Å²) in [7, 11) is -3.51. The van der Waals surface area contributed by atoms with Crippen molar-refractivity contribution in [2.45, 2.75) is 20.4 Å². The molecule has 0 spiro atoms. The minimum atomic E-state index is -3.51. The van der Waals surface area contributed by atoms with Crippen LogP contribution >= 0.6 is 0 Å². The highest BCUT2D eigenvalue weighted by molar-refractivity contribution is 7.92. The van der Waals surface area contributed by atoms with Crippen LogP contribution in [0.5, 0.6) is 0 Å². The second kappa shape index (κ2) is 10.6. The Morgan fingerprint density at radius 3 is 2.17 bits per heavy atom. The molecule has 0 aliphatic carbocycles. The highest BCUT2D eigenvalue weighted by Gasteiger charge is 2.18. The van der Waals surface area contributed by atoms with Crippen LogP contribution in [0.2, 0.25) is 0 Å². The number of aromatic nitrogens is 1. The summed E-state index contributed by atoms with van der Waals surface area (Å²) in [6.45, 7) is 4.23. The number of anilines is 1. The smallest absolute Gasteiger partial charge is 0.271 e. The lowest BCUT2D eigenvalue weighted by Crippen LogP contribution is -2.29. The first-order valence-corrected chi connectivity index (χ1v) is 13.3. The largest absolute Gasteiger partial charge is 0.318 e. The highest BCUT2D eigenvalue weighted by atomic mass is 32.2. The van der Waals surface area contributed by atoms with Gasteiger partial charge in [0.05, 0.1) is 24.7 Å². The van der Waals surface area contributed by atoms with Gasteiger partial charge >= 0.3 is 0 Å². The molecule has 4 rings (SSSR count). The molecule has 0 atom stereocenters. The van der Waals surface area contributed by atoms with Crippen LogP contribution in [0.4, 0.5) is 5.69 Å². The predicted octanol–water partition coefficient (Wildman–Crippen LogP) is 4.82. The number of hydrazone groups is 1. The van der Waals surface area contributed by atoms with Crippen LogP contribution in [0.3, 0.4) is 0 Å². The van der Waals surface area contributed by atoms with Crippen LogP contribution in [0.25, 0.3) is 5.69 Å². The molecule has 1 aromatic heterocycles. The number of amides is 1. The fraction of sp³-hybridized carbons (Fsp3) is 0.143. The van der Waals surface area contributed by atoms with E-state index in [9.17, 15) is 13.2 Å². The van der Waals surface area contributed by atoms with Crippen molar-refractivity contribution in [3.8, 4) is 5.69 Å². The molecule has 7 nitrogen and oxygen atoms in total. The van der Waals surface area contributed by atoms with E-state index in [1.807, 2.05) is 80.6 Å². The summed E-state index contributed by atoms with van der Waals surface area (Å²) in [5, 5.41) is 4.14. The van der Waals surface area contributed by atoms with Crippen molar-refractivity contribution in [3.63, 3.8) is 0 Å². The molecule has 0 radical (unpaired) electrons. The van der Waals surface area contributed by atoms with Crippen molar-refractivity contribution >= 4 is 27.8 Å². The summed E-state index contributed by atoms with van der Waals surface area (Å²) in [4.78, 5) is 12.6. The summed E-state index contributed by atoms with van der Waals surface area (Å²) in [5.41, 5.74) is 8.31. The maximum atomic E-state index is 12.6. The molecule has 184 valence electrons. The number of hydrogen-bond acceptors (Lipinski definition) is 4. The summed E-state index contributed by atoms with van der Waals surface area (Å²) in [5.74, 6) is -0.386. The second-order valence-electron chi connectivity index (χ2n) is 8.50. The van der Waals surface area contributed by atoms with E-state index >= 15 is 0 Å². The molecule has 0 saturated carbocycles. The van der Waals surface area contributed by atoms with Crippen molar-refractivity contribution in [2.24, 2.45) is 5.10 Å². The number of sulfonamides is 1. The van der Waals surface area contributed by atoms with Gasteiger partial charge in [-0.3, -0.25) is 9.10 Å². The number of benzene rings is 3. The molecule has 1 N–H and O–H groups in total. The van der Waals surface area contributed by atoms with Crippen LogP contribution < -0.4 is 9.73 Å². The normalized spacial score (nSPS) is 11.5. The van der Waals surface area contributed by atoms with Crippen LogP contribution in [0, 0.1) is 13.8 Å². The zero-order valence-corrected chi connectivity index (χ0v) is 21.2. The number of carbonyl (C=O) groups excluding carboxylic acids is 1. The standard InChI is InChI=1S/C28H28N4O3S/c1-21-18-25(22(2)32(21)27-12-8-5-9-13-27)19-29-30-28(33)24-14-16-26(17-15-24)31(36(3,34)35)20-23-10-6-4-7-11-23/h4-19H,20H2,1-3H3,(H,30,33)/b29-19-. The van der Waals surface area contributed by atoms with Gasteiger partial charge < -0.3 is 4.57 Å². The van der Waals surface area contributed by atoms with Crippen molar-refractivity contribution < 1.29 is 13.2 Å². The van der Waals surface area contributed by atoms with Crippen molar-refractivity contribution in [1.82, 2.24) is 9.99 Å². The van der Waals surface area contributed by atoms with E-state index in [1.54, 1.807) is 30.5 Å². The molecule has 0 aliphatic heterocycles. The van der Waals surface area contributed by atoms with Crippen LogP contribution in [0.1, 0.15) is 32.9 Å². The monoisotopic (exact) mass is 500 g/mol. The number of carbonyl (C=O) groups is 1. The Kier molecular flexibility index (Phi) is 7.36. The lowest BCUT2D eigenvalue weighted by atomic mass is 10.2. The van der Waals surface area contributed by atoms with E-state index < -0.39 is 10.0 Å². The van der Waals surface area contributed by atoms with Gasteiger partial charge in [0.15, 0.2) is 0 Å². The third kappa shape index (κ3) is 5.72. The van der Waals surface area contributed by atoms with E-state index in [-0.39, 0.29) is 12.5 Å². The topological polar surface area (TPSA) is 83.8 Å². The zero-order chi connectivity index (χ0) is 25.7. The molecule has 3 aromatic carbocycles. The molecule has 0 bridgehead atoms. The maximum Gasteiger partial charge on any atom is 0.271 e. The van der Waals surface area contributed by atoms with Gasteiger partial charge in [0.25, 0.3) is 5.91 Å². The number of nitrogens with zero attached hydrogens (tertiary/aromatic N) is 3. The van der Waals surface area contributed by atoms with E-state index in [1.165, 1.54) is 10.6 Å². The van der Waals surface area contributed by atoms with Gasteiger partial charge in [-0.15, -0.1) is 0 Å². The van der Waals surface area contributed by atoms with E-state index in [4.69, 9.17) is 0 Å². The lowest BCUT2D eigenvalue weighted by molar-refractivity contribution is 0.0955. The van der Waals surface area contributed by atoms with Gasteiger partial charge in [-0.25, -0.2) is 13.8 Å². The third-order valence-electron chi connectivity index (χ3n) is 5.84. The third-order valence-corrected chi connectivity index (χ3v) is 6.98. The molecule has 0 unspecified atom stereocenters. The van der Waals surface area contributed by atoms with Gasteiger partial charge in [-0.05, 0) is 61.9 Å². The fourth-order valence-corrected chi connectivity index (χ4v) is 4.93. The van der Waals surface area contributed by atoms with Crippen molar-refractivity contribution in [1.29, 1.82) is 0 Å². The second-order valence-corrected chi connectivity index (χ2v) is 10.4. The Bertz CT molecular complexity index is 1480. The average molecular weight is 501 g/mol. The Labute approximate surface area is 211 Å². The van der Waals surface area contributed by atoms with Gasteiger partial charge in [0.1, 0.15) is 0 Å². The molecule has 36 heavy (non-hydrogen) atoms. The molecular weight excluding hydrogens is 472 g/mol. The quantitative estimate of drug-likeness (QED) is 0.278. The van der Waals surface area contributed by atoms with E-state index in [0.29, 0.717) is 11.3 Å². The average Bonchev–Trinajstić information content (AvgIpc) is 3.15. The van der Waals surface area contributed by atoms with Gasteiger partial charge in [0.2, 0.25) is 10.0 Å². The first-order chi connectivity index (χ1) is 17.2. The van der Waals surface area contributed by atoms with Crippen LogP contribution in [-0.4, -0.2) is 31.4 Å². The Morgan fingerprint density at radius 1 is 0.944 bits per heavy atom. The summed E-state index contributed by atoms with van der Waals surface area (Å²) in [6, 6.07) is 27.8. The lowest BCUT2D eigenvalue weighted by Gasteiger charge is -2.22. The molecule has 1 heterocycles. The Hall–Kier alpha value is -4.17. The highest BCUT2D eigenvalue weighted by Crippen LogP contribution is 2.22. The van der Waals surface area contributed by atoms with Gasteiger partial charge in [0, 0.05) is 28.2 Å². The minimum Gasteiger partial charge on any atom is -0.318 e. The number of para-hydroxylation sites is 1. The SMILES string of the molecule is Cc1cc(/C=N\NC(=O)c2ccc(N(Cc3ccccc3)S(C)(=O)=O)cc2)c(C)n1-c1ccccc1. The minimum absolute atomic E-state index is 0.205. The molecular formula is C28H28N4O3S. The number of hydrogen-bond donors (Lipinski definition) is 1. The molecule has 0 saturated heterocycles. The summed E-state index contributed by atoms with van der Waals surface area (Å²) >= 11 is 0. The summed E-state index contributed by atoms with van der Waals surface area (Å²) < 4.78 is 28.2. The number of aryl methyl sites for hydroxylation is 1. The maximum absolute atomic E-state index is 12.6. The van der Waals surface area contributed by atoms with Crippen LogP contribution in [-0.2, 0) is 16.6 Å². The molecule has 0 aliphatic rings. The molecule has 4 aromatic rings. The number of nitrogens with one attached hydrogen (secondary N) is 1. The number of rotatable bonds is 8. The van der Waals surface area contributed by atoms with Gasteiger partial charge in [-0.1, -0.05) is 48.5 Å². The summed E-state index contributed by atoms with van der Waals surface area (Å²) in [6.07, 6.45) is 2.79. The molecule has 1 amide bonds.